The fourth-order valence-electron chi connectivity index (χ4n) is 1.50. The molecule has 0 spiro atoms. The zero-order valence-electron chi connectivity index (χ0n) is 11.1. The third kappa shape index (κ3) is 4.10. The molecule has 0 fully saturated rings. The summed E-state index contributed by atoms with van der Waals surface area (Å²) in [5.74, 6) is -0.622. The summed E-state index contributed by atoms with van der Waals surface area (Å²) in [6.07, 6.45) is 3.87. The van der Waals surface area contributed by atoms with Crippen LogP contribution in [0.5, 0.6) is 0 Å². The van der Waals surface area contributed by atoms with Gasteiger partial charge in [0.15, 0.2) is 6.10 Å². The Kier molecular flexibility index (Phi) is 5.11. The highest BCUT2D eigenvalue weighted by Gasteiger charge is 2.25. The van der Waals surface area contributed by atoms with E-state index in [9.17, 15) is 13.2 Å². The molecular weight excluding hydrogens is 266 g/mol. The summed E-state index contributed by atoms with van der Waals surface area (Å²) in [7, 11) is -2.48. The SMILES string of the molecule is C=C(C)C(=O)OC1C=CC=C(NC(C)C)C1=S(=O)=O. The second-order valence-electron chi connectivity index (χ2n) is 4.47. The molecule has 0 saturated heterocycles. The second kappa shape index (κ2) is 6.38. The summed E-state index contributed by atoms with van der Waals surface area (Å²) in [4.78, 5) is 11.5. The van der Waals surface area contributed by atoms with Crippen LogP contribution in [-0.2, 0) is 19.8 Å². The molecule has 0 aromatic rings. The lowest BCUT2D eigenvalue weighted by atomic mass is 10.1. The molecule has 1 unspecified atom stereocenters. The molecule has 0 aromatic carbocycles. The van der Waals surface area contributed by atoms with Gasteiger partial charge in [-0.05, 0) is 32.9 Å². The molecule has 1 N–H and O–H groups in total. The summed E-state index contributed by atoms with van der Waals surface area (Å²) in [6, 6.07) is 0.0637. The minimum Gasteiger partial charge on any atom is -0.449 e. The van der Waals surface area contributed by atoms with Crippen molar-refractivity contribution in [3.63, 3.8) is 0 Å². The van der Waals surface area contributed by atoms with Gasteiger partial charge in [0.05, 0.1) is 5.70 Å². The standard InChI is InChI=1S/C13H17NO4S/c1-8(2)13(15)18-11-7-5-6-10(14-9(3)4)12(11)19(16)17/h5-7,9,11,14H,1H2,2-4H3. The summed E-state index contributed by atoms with van der Waals surface area (Å²) in [5, 5.41) is 3.01. The van der Waals surface area contributed by atoms with Crippen LogP contribution in [0.2, 0.25) is 0 Å². The van der Waals surface area contributed by atoms with E-state index in [1.165, 1.54) is 13.0 Å². The van der Waals surface area contributed by atoms with Crippen LogP contribution in [0.25, 0.3) is 0 Å². The molecule has 0 aromatic heterocycles. The second-order valence-corrected chi connectivity index (χ2v) is 5.38. The van der Waals surface area contributed by atoms with E-state index in [2.05, 4.69) is 11.9 Å². The maximum Gasteiger partial charge on any atom is 0.334 e. The third-order valence-electron chi connectivity index (χ3n) is 2.28. The Morgan fingerprint density at radius 3 is 2.58 bits per heavy atom. The lowest BCUT2D eigenvalue weighted by Crippen LogP contribution is -2.37. The monoisotopic (exact) mass is 283 g/mol. The Balaban J connectivity index is 3.07. The van der Waals surface area contributed by atoms with Crippen molar-refractivity contribution in [1.29, 1.82) is 0 Å². The van der Waals surface area contributed by atoms with E-state index in [0.717, 1.165) is 0 Å². The van der Waals surface area contributed by atoms with E-state index in [4.69, 9.17) is 4.74 Å². The van der Waals surface area contributed by atoms with Gasteiger partial charge in [0.1, 0.15) is 4.86 Å². The summed E-state index contributed by atoms with van der Waals surface area (Å²) >= 11 is 0. The lowest BCUT2D eigenvalue weighted by Gasteiger charge is -2.22. The molecule has 19 heavy (non-hydrogen) atoms. The number of carbonyl (C=O) groups is 1. The molecule has 1 aliphatic rings. The van der Waals surface area contributed by atoms with E-state index in [-0.39, 0.29) is 16.5 Å². The molecule has 1 aliphatic carbocycles. The molecule has 5 nitrogen and oxygen atoms in total. The predicted molar refractivity (Wildman–Crippen MR) is 74.1 cm³/mol. The van der Waals surface area contributed by atoms with Gasteiger partial charge in [-0.3, -0.25) is 0 Å². The Hall–Kier alpha value is -1.82. The largest absolute Gasteiger partial charge is 0.449 e. The van der Waals surface area contributed by atoms with E-state index >= 15 is 0 Å². The number of ether oxygens (including phenoxy) is 1. The van der Waals surface area contributed by atoms with Crippen LogP contribution in [0.15, 0.2) is 36.1 Å². The first-order chi connectivity index (χ1) is 8.82. The molecule has 1 atom stereocenters. The van der Waals surface area contributed by atoms with E-state index in [0.29, 0.717) is 5.70 Å². The topological polar surface area (TPSA) is 72.5 Å². The normalized spacial score (nSPS) is 18.0. The first kappa shape index (κ1) is 15.2. The van der Waals surface area contributed by atoms with Crippen molar-refractivity contribution >= 4 is 21.1 Å². The number of hydrogen-bond acceptors (Lipinski definition) is 5. The average Bonchev–Trinajstić information content (AvgIpc) is 2.27. The summed E-state index contributed by atoms with van der Waals surface area (Å²) in [6.45, 7) is 8.75. The van der Waals surface area contributed by atoms with Gasteiger partial charge in [-0.1, -0.05) is 12.7 Å². The molecule has 0 saturated carbocycles. The molecule has 104 valence electrons. The molecule has 0 radical (unpaired) electrons. The van der Waals surface area contributed by atoms with Gasteiger partial charge in [0.25, 0.3) is 0 Å². The fraction of sp³-hybridized carbons (Fsp3) is 0.385. The van der Waals surface area contributed by atoms with Gasteiger partial charge in [0, 0.05) is 11.6 Å². The molecule has 0 amide bonds. The van der Waals surface area contributed by atoms with Crippen molar-refractivity contribution in [2.24, 2.45) is 0 Å². The molecule has 6 heteroatoms. The van der Waals surface area contributed by atoms with Crippen molar-refractivity contribution in [1.82, 2.24) is 5.32 Å². The highest BCUT2D eigenvalue weighted by Crippen LogP contribution is 2.13. The number of rotatable bonds is 4. The van der Waals surface area contributed by atoms with E-state index in [1.54, 1.807) is 12.2 Å². The number of nitrogens with one attached hydrogen (secondary N) is 1. The first-order valence-corrected chi connectivity index (χ1v) is 6.88. The summed E-state index contributed by atoms with van der Waals surface area (Å²) in [5.41, 5.74) is 0.655. The van der Waals surface area contributed by atoms with Crippen LogP contribution in [0, 0.1) is 0 Å². The summed E-state index contributed by atoms with van der Waals surface area (Å²) < 4.78 is 27.8. The highest BCUT2D eigenvalue weighted by atomic mass is 32.2. The van der Waals surface area contributed by atoms with Crippen LogP contribution < -0.4 is 5.32 Å². The Morgan fingerprint density at radius 2 is 2.11 bits per heavy atom. The highest BCUT2D eigenvalue weighted by molar-refractivity contribution is 7.73. The van der Waals surface area contributed by atoms with Gasteiger partial charge >= 0.3 is 5.97 Å². The van der Waals surface area contributed by atoms with Crippen molar-refractivity contribution in [3.05, 3.63) is 36.1 Å². The zero-order valence-corrected chi connectivity index (χ0v) is 12.0. The Bertz CT molecular complexity index is 574. The zero-order chi connectivity index (χ0) is 14.6. The van der Waals surface area contributed by atoms with Crippen LogP contribution in [-0.4, -0.2) is 31.4 Å². The van der Waals surface area contributed by atoms with Crippen LogP contribution in [0.1, 0.15) is 20.8 Å². The van der Waals surface area contributed by atoms with E-state index < -0.39 is 22.4 Å². The Morgan fingerprint density at radius 1 is 1.47 bits per heavy atom. The molecular formula is C13H17NO4S. The maximum absolute atomic E-state index is 11.5. The molecule has 1 rings (SSSR count). The minimum atomic E-state index is -2.48. The number of esters is 1. The van der Waals surface area contributed by atoms with Crippen LogP contribution in [0.3, 0.4) is 0 Å². The van der Waals surface area contributed by atoms with Crippen LogP contribution in [0.4, 0.5) is 0 Å². The van der Waals surface area contributed by atoms with Crippen molar-refractivity contribution in [2.45, 2.75) is 32.9 Å². The van der Waals surface area contributed by atoms with Gasteiger partial charge < -0.3 is 10.1 Å². The quantitative estimate of drug-likeness (QED) is 0.473. The minimum absolute atomic E-state index is 0.0193. The third-order valence-corrected chi connectivity index (χ3v) is 3.09. The van der Waals surface area contributed by atoms with Crippen molar-refractivity contribution in [2.75, 3.05) is 0 Å². The van der Waals surface area contributed by atoms with Gasteiger partial charge in [-0.2, -0.15) is 8.42 Å². The first-order valence-electron chi connectivity index (χ1n) is 5.81. The van der Waals surface area contributed by atoms with Gasteiger partial charge in [-0.25, -0.2) is 4.79 Å². The predicted octanol–water partition coefficient (Wildman–Crippen LogP) is 0.978. The van der Waals surface area contributed by atoms with Crippen LogP contribution >= 0.6 is 0 Å². The van der Waals surface area contributed by atoms with Gasteiger partial charge in [0.2, 0.25) is 10.3 Å². The molecule has 0 heterocycles. The lowest BCUT2D eigenvalue weighted by molar-refractivity contribution is -0.139. The number of hydrogen-bond donors (Lipinski definition) is 1. The Labute approximate surface area is 114 Å². The van der Waals surface area contributed by atoms with Gasteiger partial charge in [-0.15, -0.1) is 0 Å². The van der Waals surface area contributed by atoms with E-state index in [1.807, 2.05) is 13.8 Å². The van der Waals surface area contributed by atoms with Crippen molar-refractivity contribution in [3.8, 4) is 0 Å². The number of carbonyl (C=O) groups excluding carboxylic acids is 1. The van der Waals surface area contributed by atoms with Crippen molar-refractivity contribution < 1.29 is 17.9 Å². The number of allylic oxidation sites excluding steroid dienone is 2. The molecule has 0 bridgehead atoms. The molecule has 0 aliphatic heterocycles. The maximum atomic E-state index is 11.5. The smallest absolute Gasteiger partial charge is 0.334 e. The average molecular weight is 283 g/mol. The fourth-order valence-corrected chi connectivity index (χ4v) is 2.12.